The highest BCUT2D eigenvalue weighted by Gasteiger charge is 2.28. The molecule has 2 N–H and O–H groups in total. The van der Waals surface area contributed by atoms with Crippen molar-refractivity contribution in [1.82, 2.24) is 4.90 Å². The quantitative estimate of drug-likeness (QED) is 0.897. The summed E-state index contributed by atoms with van der Waals surface area (Å²) in [7, 11) is 0. The van der Waals surface area contributed by atoms with Gasteiger partial charge < -0.3 is 15.2 Å². The molecule has 4 nitrogen and oxygen atoms in total. The maximum Gasteiger partial charge on any atom is 0.119 e. The predicted molar refractivity (Wildman–Crippen MR) is 81.0 cm³/mol. The van der Waals surface area contributed by atoms with Crippen LogP contribution < -0.4 is 10.5 Å². The Hall–Kier alpha value is -1.10. The van der Waals surface area contributed by atoms with Crippen LogP contribution in [0.15, 0.2) is 24.3 Å². The van der Waals surface area contributed by atoms with Crippen molar-refractivity contribution in [2.24, 2.45) is 5.73 Å². The van der Waals surface area contributed by atoms with Gasteiger partial charge >= 0.3 is 0 Å². The van der Waals surface area contributed by atoms with E-state index in [2.05, 4.69) is 30.9 Å². The van der Waals surface area contributed by atoms with Crippen molar-refractivity contribution < 1.29 is 9.47 Å². The van der Waals surface area contributed by atoms with Gasteiger partial charge in [-0.05, 0) is 38.5 Å². The van der Waals surface area contributed by atoms with Crippen LogP contribution in [0.1, 0.15) is 32.4 Å². The third-order valence-electron chi connectivity index (χ3n) is 3.69. The lowest BCUT2D eigenvalue weighted by molar-refractivity contribution is -0.0799. The maximum atomic E-state index is 6.01. The van der Waals surface area contributed by atoms with Crippen LogP contribution in [0.4, 0.5) is 0 Å². The fraction of sp³-hybridized carbons (Fsp3) is 0.625. The zero-order valence-electron chi connectivity index (χ0n) is 12.7. The normalized spacial score (nSPS) is 25.4. The first kappa shape index (κ1) is 15.3. The monoisotopic (exact) mass is 278 g/mol. The Morgan fingerprint density at radius 1 is 1.25 bits per heavy atom. The van der Waals surface area contributed by atoms with Crippen LogP contribution in [0.2, 0.25) is 0 Å². The van der Waals surface area contributed by atoms with Crippen molar-refractivity contribution in [2.45, 2.75) is 39.0 Å². The summed E-state index contributed by atoms with van der Waals surface area (Å²) in [6, 6.07) is 8.53. The molecule has 1 aliphatic heterocycles. The summed E-state index contributed by atoms with van der Waals surface area (Å²) in [5.74, 6) is 0.913. The Balaban J connectivity index is 2.10. The number of hydrogen-bond donors (Lipinski definition) is 1. The molecule has 0 radical (unpaired) electrons. The number of rotatable bonds is 5. The number of hydrogen-bond acceptors (Lipinski definition) is 4. The molecule has 3 atom stereocenters. The molecule has 1 saturated heterocycles. The van der Waals surface area contributed by atoms with Gasteiger partial charge in [-0.2, -0.15) is 0 Å². The molecule has 1 heterocycles. The van der Waals surface area contributed by atoms with E-state index in [0.29, 0.717) is 13.2 Å². The average Bonchev–Trinajstić information content (AvgIpc) is 2.41. The fourth-order valence-corrected chi connectivity index (χ4v) is 2.92. The maximum absolute atomic E-state index is 6.01. The van der Waals surface area contributed by atoms with Crippen molar-refractivity contribution in [3.8, 4) is 5.75 Å². The fourth-order valence-electron chi connectivity index (χ4n) is 2.92. The van der Waals surface area contributed by atoms with Gasteiger partial charge in [-0.3, -0.25) is 4.90 Å². The third-order valence-corrected chi connectivity index (χ3v) is 3.69. The molecule has 0 amide bonds. The molecule has 0 aliphatic carbocycles. The molecular formula is C16H26N2O2. The van der Waals surface area contributed by atoms with Crippen LogP contribution in [0.25, 0.3) is 0 Å². The second-order valence-electron chi connectivity index (χ2n) is 5.46. The van der Waals surface area contributed by atoms with E-state index in [1.54, 1.807) is 0 Å². The lowest BCUT2D eigenvalue weighted by Gasteiger charge is -2.40. The standard InChI is InChI=1S/C16H26N2O2/c1-4-19-15-7-5-14(6-8-15)16(9-17)18-10-12(2)20-13(3)11-18/h5-8,12-13,16H,4,9-11,17H2,1-3H3/t12-,13-,16-/m1/s1. The molecule has 20 heavy (non-hydrogen) atoms. The predicted octanol–water partition coefficient (Wildman–Crippen LogP) is 2.19. The number of benzene rings is 1. The van der Waals surface area contributed by atoms with Gasteiger partial charge in [0.05, 0.1) is 18.8 Å². The average molecular weight is 278 g/mol. The van der Waals surface area contributed by atoms with E-state index in [0.717, 1.165) is 18.8 Å². The third kappa shape index (κ3) is 3.72. The van der Waals surface area contributed by atoms with E-state index in [9.17, 15) is 0 Å². The van der Waals surface area contributed by atoms with E-state index < -0.39 is 0 Å². The number of nitrogens with two attached hydrogens (primary N) is 1. The van der Waals surface area contributed by atoms with Gasteiger partial charge in [0.15, 0.2) is 0 Å². The van der Waals surface area contributed by atoms with E-state index in [1.807, 2.05) is 19.1 Å². The summed E-state index contributed by atoms with van der Waals surface area (Å²) >= 11 is 0. The van der Waals surface area contributed by atoms with Crippen molar-refractivity contribution in [1.29, 1.82) is 0 Å². The molecule has 0 spiro atoms. The van der Waals surface area contributed by atoms with Crippen molar-refractivity contribution >= 4 is 0 Å². The number of ether oxygens (including phenoxy) is 2. The molecule has 112 valence electrons. The van der Waals surface area contributed by atoms with Gasteiger partial charge in [0.1, 0.15) is 5.75 Å². The van der Waals surface area contributed by atoms with Gasteiger partial charge in [0, 0.05) is 25.7 Å². The molecular weight excluding hydrogens is 252 g/mol. The van der Waals surface area contributed by atoms with Crippen molar-refractivity contribution in [3.63, 3.8) is 0 Å². The molecule has 0 unspecified atom stereocenters. The van der Waals surface area contributed by atoms with Crippen LogP contribution in [0, 0.1) is 0 Å². The van der Waals surface area contributed by atoms with Crippen molar-refractivity contribution in [3.05, 3.63) is 29.8 Å². The molecule has 1 fully saturated rings. The Morgan fingerprint density at radius 3 is 2.35 bits per heavy atom. The minimum atomic E-state index is 0.250. The summed E-state index contributed by atoms with van der Waals surface area (Å²) in [5.41, 5.74) is 7.26. The summed E-state index contributed by atoms with van der Waals surface area (Å²) in [4.78, 5) is 2.43. The summed E-state index contributed by atoms with van der Waals surface area (Å²) in [5, 5.41) is 0. The summed E-state index contributed by atoms with van der Waals surface area (Å²) < 4.78 is 11.3. The van der Waals surface area contributed by atoms with Crippen LogP contribution in [0.5, 0.6) is 5.75 Å². The Bertz CT molecular complexity index is 397. The highest BCUT2D eigenvalue weighted by Crippen LogP contribution is 2.25. The van der Waals surface area contributed by atoms with Gasteiger partial charge in [-0.1, -0.05) is 12.1 Å². The highest BCUT2D eigenvalue weighted by molar-refractivity contribution is 5.29. The Labute approximate surface area is 121 Å². The molecule has 0 bridgehead atoms. The van der Waals surface area contributed by atoms with Crippen LogP contribution in [-0.4, -0.2) is 43.3 Å². The zero-order valence-corrected chi connectivity index (χ0v) is 12.7. The van der Waals surface area contributed by atoms with Crippen LogP contribution in [-0.2, 0) is 4.74 Å². The first-order valence-electron chi connectivity index (χ1n) is 7.46. The summed E-state index contributed by atoms with van der Waals surface area (Å²) in [6.45, 7) is 9.40. The number of nitrogens with zero attached hydrogens (tertiary/aromatic N) is 1. The second-order valence-corrected chi connectivity index (χ2v) is 5.46. The Morgan fingerprint density at radius 2 is 1.85 bits per heavy atom. The van der Waals surface area contributed by atoms with Crippen LogP contribution in [0.3, 0.4) is 0 Å². The molecule has 1 aromatic rings. The van der Waals surface area contributed by atoms with Gasteiger partial charge in [-0.15, -0.1) is 0 Å². The molecule has 4 heteroatoms. The largest absolute Gasteiger partial charge is 0.494 e. The summed E-state index contributed by atoms with van der Waals surface area (Å²) in [6.07, 6.45) is 0.519. The first-order chi connectivity index (χ1) is 9.63. The lowest BCUT2D eigenvalue weighted by Crippen LogP contribution is -2.48. The smallest absolute Gasteiger partial charge is 0.119 e. The van der Waals surface area contributed by atoms with Gasteiger partial charge in [-0.25, -0.2) is 0 Å². The molecule has 2 rings (SSSR count). The van der Waals surface area contributed by atoms with Crippen LogP contribution >= 0.6 is 0 Å². The minimum Gasteiger partial charge on any atom is -0.494 e. The van der Waals surface area contributed by atoms with Gasteiger partial charge in [0.2, 0.25) is 0 Å². The molecule has 0 aromatic heterocycles. The second kappa shape index (κ2) is 7.07. The van der Waals surface area contributed by atoms with E-state index in [-0.39, 0.29) is 18.2 Å². The topological polar surface area (TPSA) is 47.7 Å². The minimum absolute atomic E-state index is 0.250. The van der Waals surface area contributed by atoms with E-state index in [1.165, 1.54) is 5.56 Å². The lowest BCUT2D eigenvalue weighted by atomic mass is 10.0. The number of morpholine rings is 1. The molecule has 1 aromatic carbocycles. The van der Waals surface area contributed by atoms with Crippen molar-refractivity contribution in [2.75, 3.05) is 26.2 Å². The Kier molecular flexibility index (Phi) is 5.40. The van der Waals surface area contributed by atoms with E-state index in [4.69, 9.17) is 15.2 Å². The SMILES string of the molecule is CCOc1ccc([C@@H](CN)N2C[C@@H](C)O[C@H](C)C2)cc1. The zero-order chi connectivity index (χ0) is 14.5. The molecule has 0 saturated carbocycles. The first-order valence-corrected chi connectivity index (χ1v) is 7.46. The highest BCUT2D eigenvalue weighted by atomic mass is 16.5. The molecule has 1 aliphatic rings. The van der Waals surface area contributed by atoms with Gasteiger partial charge in [0.25, 0.3) is 0 Å². The van der Waals surface area contributed by atoms with E-state index >= 15 is 0 Å².